The minimum absolute atomic E-state index is 0.00856. The van der Waals surface area contributed by atoms with Crippen molar-refractivity contribution < 1.29 is 13.6 Å². The second-order valence-corrected chi connectivity index (χ2v) is 5.91. The highest BCUT2D eigenvalue weighted by molar-refractivity contribution is 5.97. The number of carbonyl (C=O) groups is 1. The van der Waals surface area contributed by atoms with Crippen LogP contribution in [0.15, 0.2) is 18.2 Å². The van der Waals surface area contributed by atoms with E-state index in [2.05, 4.69) is 11.8 Å². The Bertz CT molecular complexity index is 490. The summed E-state index contributed by atoms with van der Waals surface area (Å²) in [4.78, 5) is 14.3. The first-order valence-corrected chi connectivity index (χ1v) is 7.80. The fourth-order valence-corrected chi connectivity index (χ4v) is 3.08. The molecule has 1 heterocycles. The third-order valence-electron chi connectivity index (χ3n) is 4.24. The predicted octanol–water partition coefficient (Wildman–Crippen LogP) is 4.05. The Morgan fingerprint density at radius 3 is 2.81 bits per heavy atom. The van der Waals surface area contributed by atoms with Crippen molar-refractivity contribution in [1.29, 1.82) is 0 Å². The Hall–Kier alpha value is -1.29. The molecule has 21 heavy (non-hydrogen) atoms. The van der Waals surface area contributed by atoms with Crippen molar-refractivity contribution in [3.63, 3.8) is 0 Å². The number of hydrogen-bond acceptors (Lipinski definition) is 2. The first-order valence-electron chi connectivity index (χ1n) is 7.80. The first-order chi connectivity index (χ1) is 10.1. The topological polar surface area (TPSA) is 20.3 Å². The molecule has 4 heteroatoms. The van der Waals surface area contributed by atoms with Gasteiger partial charge in [-0.15, -0.1) is 0 Å². The molecule has 1 fully saturated rings. The van der Waals surface area contributed by atoms with Gasteiger partial charge in [-0.2, -0.15) is 0 Å². The molecule has 1 saturated heterocycles. The van der Waals surface area contributed by atoms with Gasteiger partial charge in [0.05, 0.1) is 12.1 Å². The molecule has 1 atom stereocenters. The molecule has 0 amide bonds. The van der Waals surface area contributed by atoms with E-state index in [9.17, 15) is 13.6 Å². The van der Waals surface area contributed by atoms with E-state index in [1.807, 2.05) is 0 Å². The number of ketones is 1. The van der Waals surface area contributed by atoms with Crippen LogP contribution in [0.3, 0.4) is 0 Å². The maximum absolute atomic E-state index is 13.6. The van der Waals surface area contributed by atoms with E-state index in [0.717, 1.165) is 44.0 Å². The molecule has 2 rings (SSSR count). The summed E-state index contributed by atoms with van der Waals surface area (Å²) in [7, 11) is 0. The van der Waals surface area contributed by atoms with E-state index in [1.54, 1.807) is 0 Å². The van der Waals surface area contributed by atoms with E-state index in [1.165, 1.54) is 25.3 Å². The summed E-state index contributed by atoms with van der Waals surface area (Å²) in [6.45, 7) is 4.19. The molecule has 0 saturated carbocycles. The van der Waals surface area contributed by atoms with E-state index in [0.29, 0.717) is 0 Å². The maximum Gasteiger partial charge on any atom is 0.179 e. The van der Waals surface area contributed by atoms with Crippen LogP contribution < -0.4 is 0 Å². The molecule has 2 nitrogen and oxygen atoms in total. The molecule has 1 unspecified atom stereocenters. The number of benzene rings is 1. The van der Waals surface area contributed by atoms with Crippen LogP contribution in [-0.2, 0) is 0 Å². The monoisotopic (exact) mass is 295 g/mol. The summed E-state index contributed by atoms with van der Waals surface area (Å²) in [5, 5.41) is 0. The maximum atomic E-state index is 13.6. The van der Waals surface area contributed by atoms with Crippen LogP contribution in [0.1, 0.15) is 49.4 Å². The minimum Gasteiger partial charge on any atom is -0.296 e. The van der Waals surface area contributed by atoms with Crippen LogP contribution in [0.2, 0.25) is 0 Å². The van der Waals surface area contributed by atoms with Crippen LogP contribution in [-0.4, -0.2) is 30.3 Å². The van der Waals surface area contributed by atoms with Crippen molar-refractivity contribution in [2.45, 2.75) is 39.0 Å². The van der Waals surface area contributed by atoms with Gasteiger partial charge in [-0.3, -0.25) is 9.69 Å². The highest BCUT2D eigenvalue weighted by atomic mass is 19.1. The SMILES string of the molecule is CCCC1CCCN(CC(=O)c2ccc(F)cc2F)CC1. The van der Waals surface area contributed by atoms with Gasteiger partial charge in [0.25, 0.3) is 0 Å². The summed E-state index contributed by atoms with van der Waals surface area (Å²) in [5.41, 5.74) is -0.00856. The molecular weight excluding hydrogens is 272 g/mol. The van der Waals surface area contributed by atoms with E-state index in [-0.39, 0.29) is 17.9 Å². The number of rotatable bonds is 5. The Balaban J connectivity index is 1.93. The predicted molar refractivity (Wildman–Crippen MR) is 79.4 cm³/mol. The molecule has 1 aromatic rings. The van der Waals surface area contributed by atoms with Gasteiger partial charge in [-0.1, -0.05) is 19.8 Å². The van der Waals surface area contributed by atoms with Crippen LogP contribution in [0.25, 0.3) is 0 Å². The number of likely N-dealkylation sites (tertiary alicyclic amines) is 1. The third-order valence-corrected chi connectivity index (χ3v) is 4.24. The molecule has 116 valence electrons. The molecule has 1 aliphatic heterocycles. The van der Waals surface area contributed by atoms with Gasteiger partial charge in [0, 0.05) is 6.07 Å². The molecule has 1 aliphatic rings. The van der Waals surface area contributed by atoms with Crippen LogP contribution in [0.4, 0.5) is 8.78 Å². The smallest absolute Gasteiger partial charge is 0.179 e. The summed E-state index contributed by atoms with van der Waals surface area (Å²) in [5.74, 6) is -0.931. The van der Waals surface area contributed by atoms with E-state index in [4.69, 9.17) is 0 Å². The largest absolute Gasteiger partial charge is 0.296 e. The van der Waals surface area contributed by atoms with Crippen LogP contribution in [0.5, 0.6) is 0 Å². The highest BCUT2D eigenvalue weighted by Gasteiger charge is 2.20. The number of carbonyl (C=O) groups excluding carboxylic acids is 1. The average molecular weight is 295 g/mol. The lowest BCUT2D eigenvalue weighted by atomic mass is 9.96. The number of Topliss-reactive ketones (excluding diaryl/α,β-unsaturated/α-hetero) is 1. The molecule has 0 bridgehead atoms. The quantitative estimate of drug-likeness (QED) is 0.764. The lowest BCUT2D eigenvalue weighted by molar-refractivity contribution is 0.0928. The summed E-state index contributed by atoms with van der Waals surface area (Å²) >= 11 is 0. The first kappa shape index (κ1) is 16.1. The third kappa shape index (κ3) is 4.60. The van der Waals surface area contributed by atoms with E-state index >= 15 is 0 Å². The van der Waals surface area contributed by atoms with Gasteiger partial charge in [0.1, 0.15) is 11.6 Å². The summed E-state index contributed by atoms with van der Waals surface area (Å²) < 4.78 is 26.5. The second kappa shape index (κ2) is 7.64. The fourth-order valence-electron chi connectivity index (χ4n) is 3.08. The lowest BCUT2D eigenvalue weighted by Gasteiger charge is -2.19. The zero-order valence-electron chi connectivity index (χ0n) is 12.6. The van der Waals surface area contributed by atoms with Gasteiger partial charge >= 0.3 is 0 Å². The zero-order chi connectivity index (χ0) is 15.2. The Labute approximate surface area is 125 Å². The normalized spacial score (nSPS) is 20.2. The van der Waals surface area contributed by atoms with Crippen molar-refractivity contribution in [1.82, 2.24) is 4.90 Å². The van der Waals surface area contributed by atoms with Crippen molar-refractivity contribution >= 4 is 5.78 Å². The Morgan fingerprint density at radius 2 is 2.10 bits per heavy atom. The van der Waals surface area contributed by atoms with Crippen molar-refractivity contribution in [3.8, 4) is 0 Å². The molecule has 0 aromatic heterocycles. The summed E-state index contributed by atoms with van der Waals surface area (Å²) in [6.07, 6.45) is 5.85. The Morgan fingerprint density at radius 1 is 1.29 bits per heavy atom. The highest BCUT2D eigenvalue weighted by Crippen LogP contribution is 2.22. The van der Waals surface area contributed by atoms with Gasteiger partial charge in [-0.05, 0) is 50.4 Å². The standard InChI is InChI=1S/C17H23F2NO/c1-2-4-13-5-3-9-20(10-8-13)12-17(21)15-7-6-14(18)11-16(15)19/h6-7,11,13H,2-5,8-10,12H2,1H3. The minimum atomic E-state index is -0.765. The van der Waals surface area contributed by atoms with Crippen molar-refractivity contribution in [2.24, 2.45) is 5.92 Å². The van der Waals surface area contributed by atoms with Crippen molar-refractivity contribution in [2.75, 3.05) is 19.6 Å². The molecule has 1 aromatic carbocycles. The van der Waals surface area contributed by atoms with Gasteiger partial charge in [0.2, 0.25) is 0 Å². The molecule has 0 aliphatic carbocycles. The molecular formula is C17H23F2NO. The molecule has 0 radical (unpaired) electrons. The zero-order valence-corrected chi connectivity index (χ0v) is 12.6. The van der Waals surface area contributed by atoms with Crippen LogP contribution in [0, 0.1) is 17.6 Å². The number of hydrogen-bond donors (Lipinski definition) is 0. The molecule has 0 spiro atoms. The summed E-state index contributed by atoms with van der Waals surface area (Å²) in [6, 6.07) is 3.15. The van der Waals surface area contributed by atoms with E-state index < -0.39 is 11.6 Å². The van der Waals surface area contributed by atoms with Crippen molar-refractivity contribution in [3.05, 3.63) is 35.4 Å². The van der Waals surface area contributed by atoms with Gasteiger partial charge in [-0.25, -0.2) is 8.78 Å². The average Bonchev–Trinajstić information content (AvgIpc) is 2.65. The molecule has 0 N–H and O–H groups in total. The van der Waals surface area contributed by atoms with Crippen LogP contribution >= 0.6 is 0 Å². The second-order valence-electron chi connectivity index (χ2n) is 5.91. The van der Waals surface area contributed by atoms with Gasteiger partial charge in [0.15, 0.2) is 5.78 Å². The Kier molecular flexibility index (Phi) is 5.85. The van der Waals surface area contributed by atoms with Gasteiger partial charge < -0.3 is 0 Å². The number of nitrogens with zero attached hydrogens (tertiary/aromatic N) is 1. The number of halogens is 2. The fraction of sp³-hybridized carbons (Fsp3) is 0.588. The lowest BCUT2D eigenvalue weighted by Crippen LogP contribution is -2.31.